The summed E-state index contributed by atoms with van der Waals surface area (Å²) in [5.41, 5.74) is 7.23. The zero-order valence-electron chi connectivity index (χ0n) is 8.01. The van der Waals surface area contributed by atoms with Crippen LogP contribution >= 0.6 is 27.3 Å². The second-order valence-electron chi connectivity index (χ2n) is 2.91. The van der Waals surface area contributed by atoms with E-state index in [1.807, 2.05) is 0 Å². The molecule has 0 aliphatic carbocycles. The standard InChI is InChI=1S/C10H7BrN2O2S/c11-6-1-3-7(4-2-6)15-10(14)8-9(12)16-5-13-8/h1-5H,12H2. The van der Waals surface area contributed by atoms with Crippen molar-refractivity contribution in [3.8, 4) is 5.75 Å². The highest BCUT2D eigenvalue weighted by molar-refractivity contribution is 9.10. The Hall–Kier alpha value is -1.40. The monoisotopic (exact) mass is 298 g/mol. The van der Waals surface area contributed by atoms with Gasteiger partial charge in [-0.05, 0) is 24.3 Å². The molecule has 0 atom stereocenters. The van der Waals surface area contributed by atoms with Crippen LogP contribution in [0.15, 0.2) is 34.2 Å². The Morgan fingerprint density at radius 1 is 1.38 bits per heavy atom. The molecule has 0 saturated carbocycles. The summed E-state index contributed by atoms with van der Waals surface area (Å²) in [5.74, 6) is -0.0818. The minimum atomic E-state index is -0.541. The molecule has 0 saturated heterocycles. The molecule has 0 radical (unpaired) electrons. The number of anilines is 1. The molecule has 82 valence electrons. The number of rotatable bonds is 2. The van der Waals surface area contributed by atoms with Crippen molar-refractivity contribution in [1.82, 2.24) is 4.98 Å². The molecular weight excluding hydrogens is 292 g/mol. The topological polar surface area (TPSA) is 65.2 Å². The number of hydrogen-bond donors (Lipinski definition) is 1. The molecule has 6 heteroatoms. The van der Waals surface area contributed by atoms with E-state index in [0.29, 0.717) is 10.8 Å². The van der Waals surface area contributed by atoms with Crippen LogP contribution in [-0.4, -0.2) is 11.0 Å². The Morgan fingerprint density at radius 2 is 2.06 bits per heavy atom. The van der Waals surface area contributed by atoms with Crippen molar-refractivity contribution in [2.75, 3.05) is 5.73 Å². The fraction of sp³-hybridized carbons (Fsp3) is 0. The van der Waals surface area contributed by atoms with Crippen molar-refractivity contribution < 1.29 is 9.53 Å². The number of benzene rings is 1. The Morgan fingerprint density at radius 3 is 2.62 bits per heavy atom. The Balaban J connectivity index is 2.14. The third kappa shape index (κ3) is 2.40. The lowest BCUT2D eigenvalue weighted by atomic mass is 10.3. The summed E-state index contributed by atoms with van der Waals surface area (Å²) in [6.45, 7) is 0. The van der Waals surface area contributed by atoms with Gasteiger partial charge in [-0.1, -0.05) is 15.9 Å². The number of hydrogen-bond acceptors (Lipinski definition) is 5. The van der Waals surface area contributed by atoms with E-state index < -0.39 is 5.97 Å². The fourth-order valence-electron chi connectivity index (χ4n) is 1.07. The van der Waals surface area contributed by atoms with Gasteiger partial charge in [-0.15, -0.1) is 11.3 Å². The SMILES string of the molecule is Nc1scnc1C(=O)Oc1ccc(Br)cc1. The average Bonchev–Trinajstić information content (AvgIpc) is 2.68. The van der Waals surface area contributed by atoms with E-state index in [1.165, 1.54) is 16.8 Å². The number of nitrogens with two attached hydrogens (primary N) is 1. The molecule has 0 amide bonds. The number of nitrogen functional groups attached to an aromatic ring is 1. The maximum absolute atomic E-state index is 11.6. The molecular formula is C10H7BrN2O2S. The highest BCUT2D eigenvalue weighted by Gasteiger charge is 2.14. The zero-order chi connectivity index (χ0) is 11.5. The summed E-state index contributed by atoms with van der Waals surface area (Å²) in [7, 11) is 0. The number of thiazole rings is 1. The van der Waals surface area contributed by atoms with Crippen LogP contribution < -0.4 is 10.5 Å². The van der Waals surface area contributed by atoms with Gasteiger partial charge in [0, 0.05) is 4.47 Å². The first-order chi connectivity index (χ1) is 7.66. The van der Waals surface area contributed by atoms with Gasteiger partial charge in [0.25, 0.3) is 0 Å². The third-order valence-electron chi connectivity index (χ3n) is 1.81. The number of carbonyl (C=O) groups excluding carboxylic acids is 1. The third-order valence-corrected chi connectivity index (χ3v) is 3.00. The maximum Gasteiger partial charge on any atom is 0.365 e. The lowest BCUT2D eigenvalue weighted by molar-refractivity contribution is 0.0730. The van der Waals surface area contributed by atoms with Crippen molar-refractivity contribution in [2.24, 2.45) is 0 Å². The molecule has 16 heavy (non-hydrogen) atoms. The number of halogens is 1. The van der Waals surface area contributed by atoms with Gasteiger partial charge in [-0.2, -0.15) is 0 Å². The van der Waals surface area contributed by atoms with E-state index in [1.54, 1.807) is 24.3 Å². The molecule has 0 bridgehead atoms. The van der Waals surface area contributed by atoms with Gasteiger partial charge >= 0.3 is 5.97 Å². The molecule has 2 rings (SSSR count). The van der Waals surface area contributed by atoms with Gasteiger partial charge < -0.3 is 10.5 Å². The first-order valence-corrected chi connectivity index (χ1v) is 6.01. The summed E-state index contributed by atoms with van der Waals surface area (Å²) in [5, 5.41) is 0.363. The van der Waals surface area contributed by atoms with Crippen LogP contribution in [0.25, 0.3) is 0 Å². The smallest absolute Gasteiger partial charge is 0.365 e. The van der Waals surface area contributed by atoms with Crippen molar-refractivity contribution in [1.29, 1.82) is 0 Å². The maximum atomic E-state index is 11.6. The van der Waals surface area contributed by atoms with Gasteiger partial charge in [0.05, 0.1) is 5.51 Å². The highest BCUT2D eigenvalue weighted by atomic mass is 79.9. The van der Waals surface area contributed by atoms with Crippen LogP contribution in [0.4, 0.5) is 5.00 Å². The predicted molar refractivity (Wildman–Crippen MR) is 65.6 cm³/mol. The Kier molecular flexibility index (Phi) is 3.21. The van der Waals surface area contributed by atoms with Gasteiger partial charge in [0.15, 0.2) is 5.69 Å². The quantitative estimate of drug-likeness (QED) is 0.684. The molecule has 1 aromatic heterocycles. The second kappa shape index (κ2) is 4.63. The van der Waals surface area contributed by atoms with Crippen molar-refractivity contribution >= 4 is 38.2 Å². The normalized spacial score (nSPS) is 10.1. The van der Waals surface area contributed by atoms with Crippen molar-refractivity contribution in [3.05, 3.63) is 39.9 Å². The van der Waals surface area contributed by atoms with Crippen LogP contribution in [0.2, 0.25) is 0 Å². The number of ether oxygens (including phenoxy) is 1. The number of esters is 1. The highest BCUT2D eigenvalue weighted by Crippen LogP contribution is 2.20. The summed E-state index contributed by atoms with van der Waals surface area (Å²) >= 11 is 4.49. The van der Waals surface area contributed by atoms with E-state index in [-0.39, 0.29) is 5.69 Å². The van der Waals surface area contributed by atoms with Crippen LogP contribution in [0.1, 0.15) is 10.5 Å². The molecule has 4 nitrogen and oxygen atoms in total. The van der Waals surface area contributed by atoms with E-state index >= 15 is 0 Å². The summed E-state index contributed by atoms with van der Waals surface area (Å²) < 4.78 is 6.02. The largest absolute Gasteiger partial charge is 0.422 e. The molecule has 1 aromatic carbocycles. The zero-order valence-corrected chi connectivity index (χ0v) is 10.4. The van der Waals surface area contributed by atoms with E-state index in [0.717, 1.165) is 4.47 Å². The van der Waals surface area contributed by atoms with Gasteiger partial charge in [0.2, 0.25) is 0 Å². The minimum Gasteiger partial charge on any atom is -0.422 e. The number of nitrogens with zero attached hydrogens (tertiary/aromatic N) is 1. The van der Waals surface area contributed by atoms with Crippen LogP contribution in [0.5, 0.6) is 5.75 Å². The number of carbonyl (C=O) groups is 1. The molecule has 0 unspecified atom stereocenters. The first kappa shape index (κ1) is 11.1. The molecule has 1 heterocycles. The van der Waals surface area contributed by atoms with Gasteiger partial charge in [-0.3, -0.25) is 0 Å². The van der Waals surface area contributed by atoms with Gasteiger partial charge in [-0.25, -0.2) is 9.78 Å². The van der Waals surface area contributed by atoms with Crippen molar-refractivity contribution in [3.63, 3.8) is 0 Å². The second-order valence-corrected chi connectivity index (χ2v) is 4.71. The van der Waals surface area contributed by atoms with Crippen LogP contribution in [-0.2, 0) is 0 Å². The number of aromatic nitrogens is 1. The molecule has 0 aliphatic heterocycles. The van der Waals surface area contributed by atoms with Crippen LogP contribution in [0.3, 0.4) is 0 Å². The minimum absolute atomic E-state index is 0.160. The van der Waals surface area contributed by atoms with E-state index in [4.69, 9.17) is 10.5 Å². The Bertz CT molecular complexity index is 510. The van der Waals surface area contributed by atoms with Crippen LogP contribution in [0, 0.1) is 0 Å². The summed E-state index contributed by atoms with van der Waals surface area (Å²) in [6, 6.07) is 6.94. The summed E-state index contributed by atoms with van der Waals surface area (Å²) in [4.78, 5) is 15.5. The molecule has 0 aliphatic rings. The predicted octanol–water partition coefficient (Wildman–Crippen LogP) is 2.71. The molecule has 2 N–H and O–H groups in total. The van der Waals surface area contributed by atoms with E-state index in [2.05, 4.69) is 20.9 Å². The van der Waals surface area contributed by atoms with E-state index in [9.17, 15) is 4.79 Å². The Labute approximate surface area is 104 Å². The van der Waals surface area contributed by atoms with Crippen molar-refractivity contribution in [2.45, 2.75) is 0 Å². The average molecular weight is 299 g/mol. The lowest BCUT2D eigenvalue weighted by Crippen LogP contribution is -2.10. The molecule has 0 fully saturated rings. The summed E-state index contributed by atoms with van der Waals surface area (Å²) in [6.07, 6.45) is 0. The van der Waals surface area contributed by atoms with Gasteiger partial charge in [0.1, 0.15) is 10.8 Å². The molecule has 0 spiro atoms. The first-order valence-electron chi connectivity index (χ1n) is 4.33. The molecule has 2 aromatic rings. The fourth-order valence-corrected chi connectivity index (χ4v) is 1.85. The lowest BCUT2D eigenvalue weighted by Gasteiger charge is -2.02.